The van der Waals surface area contributed by atoms with E-state index in [0.717, 1.165) is 5.56 Å². The second-order valence-electron chi connectivity index (χ2n) is 3.15. The zero-order valence-electron chi connectivity index (χ0n) is 8.60. The third-order valence-electron chi connectivity index (χ3n) is 1.87. The molecule has 1 aromatic heterocycles. The molecule has 14 heavy (non-hydrogen) atoms. The minimum Gasteiger partial charge on any atom is -0.311 e. The van der Waals surface area contributed by atoms with Gasteiger partial charge in [-0.15, -0.1) is 0 Å². The maximum atomic E-state index is 11.3. The Morgan fingerprint density at radius 3 is 2.86 bits per heavy atom. The van der Waals surface area contributed by atoms with Crippen molar-refractivity contribution in [3.05, 3.63) is 58.6 Å². The molecule has 0 amide bonds. The van der Waals surface area contributed by atoms with Crippen molar-refractivity contribution >= 4 is 0 Å². The van der Waals surface area contributed by atoms with E-state index < -0.39 is 0 Å². The molecule has 1 aromatic rings. The van der Waals surface area contributed by atoms with Crippen LogP contribution in [0.4, 0.5) is 0 Å². The molecule has 1 heterocycles. The Morgan fingerprint density at radius 2 is 2.14 bits per heavy atom. The fourth-order valence-electron chi connectivity index (χ4n) is 1.16. The normalized spacial score (nSPS) is 11.6. The van der Waals surface area contributed by atoms with Crippen molar-refractivity contribution < 1.29 is 0 Å². The number of allylic oxidation sites excluding steroid dienone is 4. The Labute approximate surface area is 84.2 Å². The van der Waals surface area contributed by atoms with Gasteiger partial charge in [0.2, 0.25) is 0 Å². The van der Waals surface area contributed by atoms with Crippen LogP contribution in [-0.4, -0.2) is 4.57 Å². The summed E-state index contributed by atoms with van der Waals surface area (Å²) in [4.78, 5) is 11.3. The molecule has 0 bridgehead atoms. The lowest BCUT2D eigenvalue weighted by atomic mass is 10.3. The van der Waals surface area contributed by atoms with Crippen LogP contribution in [0, 0.1) is 6.92 Å². The molecule has 0 spiro atoms. The van der Waals surface area contributed by atoms with Gasteiger partial charge in [0.1, 0.15) is 0 Å². The van der Waals surface area contributed by atoms with Gasteiger partial charge >= 0.3 is 0 Å². The van der Waals surface area contributed by atoms with Crippen molar-refractivity contribution in [3.8, 4) is 0 Å². The summed E-state index contributed by atoms with van der Waals surface area (Å²) in [6.45, 7) is 4.57. The number of aromatic nitrogens is 1. The average Bonchev–Trinajstić information content (AvgIpc) is 2.18. The van der Waals surface area contributed by atoms with Crippen molar-refractivity contribution in [2.75, 3.05) is 0 Å². The largest absolute Gasteiger partial charge is 0.311 e. The van der Waals surface area contributed by atoms with Crippen LogP contribution >= 0.6 is 0 Å². The zero-order chi connectivity index (χ0) is 10.4. The molecule has 0 unspecified atom stereocenters. The highest BCUT2D eigenvalue weighted by molar-refractivity contribution is 5.08. The number of pyridine rings is 1. The van der Waals surface area contributed by atoms with Gasteiger partial charge in [0.15, 0.2) is 0 Å². The first-order valence-corrected chi connectivity index (χ1v) is 4.69. The summed E-state index contributed by atoms with van der Waals surface area (Å²) in [5, 5.41) is 0. The molecule has 0 atom stereocenters. The predicted molar refractivity (Wildman–Crippen MR) is 59.4 cm³/mol. The van der Waals surface area contributed by atoms with Gasteiger partial charge in [0, 0.05) is 18.8 Å². The smallest absolute Gasteiger partial charge is 0.250 e. The second-order valence-corrected chi connectivity index (χ2v) is 3.15. The van der Waals surface area contributed by atoms with Crippen LogP contribution in [0.25, 0.3) is 0 Å². The van der Waals surface area contributed by atoms with Gasteiger partial charge in [-0.2, -0.15) is 0 Å². The average molecular weight is 189 g/mol. The van der Waals surface area contributed by atoms with Gasteiger partial charge in [0.25, 0.3) is 5.56 Å². The van der Waals surface area contributed by atoms with Gasteiger partial charge < -0.3 is 4.57 Å². The molecule has 0 aliphatic carbocycles. The van der Waals surface area contributed by atoms with E-state index in [1.165, 1.54) is 0 Å². The minimum absolute atomic E-state index is 0.0423. The molecule has 0 aromatic carbocycles. The van der Waals surface area contributed by atoms with Gasteiger partial charge in [-0.3, -0.25) is 4.79 Å². The molecule has 0 radical (unpaired) electrons. The molecule has 0 N–H and O–H groups in total. The molecule has 2 nitrogen and oxygen atoms in total. The number of nitrogens with zero attached hydrogens (tertiary/aromatic N) is 1. The minimum atomic E-state index is 0.0423. The Bertz CT molecular complexity index is 399. The van der Waals surface area contributed by atoms with Gasteiger partial charge in [-0.25, -0.2) is 0 Å². The Hall–Kier alpha value is -1.57. The fraction of sp³-hybridized carbons (Fsp3) is 0.250. The summed E-state index contributed by atoms with van der Waals surface area (Å²) in [5.41, 5.74) is 1.14. The van der Waals surface area contributed by atoms with Crippen molar-refractivity contribution in [1.82, 2.24) is 4.57 Å². The molecule has 0 fully saturated rings. The summed E-state index contributed by atoms with van der Waals surface area (Å²) in [7, 11) is 0. The second kappa shape index (κ2) is 5.22. The Morgan fingerprint density at radius 1 is 1.36 bits per heavy atom. The SMILES string of the molecule is CC=CC=CCn1cc(C)ccc1=O. The van der Waals surface area contributed by atoms with Gasteiger partial charge in [0.05, 0.1) is 0 Å². The first-order chi connectivity index (χ1) is 6.74. The van der Waals surface area contributed by atoms with E-state index >= 15 is 0 Å². The van der Waals surface area contributed by atoms with Crippen LogP contribution in [0.5, 0.6) is 0 Å². The molecule has 1 rings (SSSR count). The van der Waals surface area contributed by atoms with Crippen molar-refractivity contribution in [2.24, 2.45) is 0 Å². The van der Waals surface area contributed by atoms with Gasteiger partial charge in [-0.1, -0.05) is 30.4 Å². The van der Waals surface area contributed by atoms with Crippen LogP contribution < -0.4 is 5.56 Å². The van der Waals surface area contributed by atoms with Crippen LogP contribution in [0.2, 0.25) is 0 Å². The van der Waals surface area contributed by atoms with Crippen LogP contribution in [0.15, 0.2) is 47.4 Å². The van der Waals surface area contributed by atoms with E-state index in [9.17, 15) is 4.79 Å². The van der Waals surface area contributed by atoms with Crippen molar-refractivity contribution in [2.45, 2.75) is 20.4 Å². The Balaban J connectivity index is 2.76. The lowest BCUT2D eigenvalue weighted by molar-refractivity contribution is 0.773. The third kappa shape index (κ3) is 3.05. The summed E-state index contributed by atoms with van der Waals surface area (Å²) in [6, 6.07) is 3.42. The highest BCUT2D eigenvalue weighted by atomic mass is 16.1. The lowest BCUT2D eigenvalue weighted by Crippen LogP contribution is -2.17. The van der Waals surface area contributed by atoms with E-state index in [1.54, 1.807) is 10.6 Å². The number of hydrogen-bond acceptors (Lipinski definition) is 1. The molecule has 0 saturated heterocycles. The summed E-state index contributed by atoms with van der Waals surface area (Å²) >= 11 is 0. The lowest BCUT2D eigenvalue weighted by Gasteiger charge is -2.01. The number of rotatable bonds is 3. The fourth-order valence-corrected chi connectivity index (χ4v) is 1.16. The first-order valence-electron chi connectivity index (χ1n) is 4.69. The highest BCUT2D eigenvalue weighted by Gasteiger charge is 1.91. The maximum Gasteiger partial charge on any atom is 0.250 e. The van der Waals surface area contributed by atoms with Crippen molar-refractivity contribution in [1.29, 1.82) is 0 Å². The van der Waals surface area contributed by atoms with Crippen LogP contribution in [0.3, 0.4) is 0 Å². The molecule has 0 aliphatic heterocycles. The van der Waals surface area contributed by atoms with Gasteiger partial charge in [-0.05, 0) is 19.4 Å². The number of aryl methyl sites for hydroxylation is 1. The molecule has 0 saturated carbocycles. The maximum absolute atomic E-state index is 11.3. The molecular weight excluding hydrogens is 174 g/mol. The standard InChI is InChI=1S/C12H15NO/c1-3-4-5-6-9-13-10-11(2)7-8-12(13)14/h3-8,10H,9H2,1-2H3. The quantitative estimate of drug-likeness (QED) is 0.669. The van der Waals surface area contributed by atoms with Crippen LogP contribution in [0.1, 0.15) is 12.5 Å². The first kappa shape index (κ1) is 10.5. The number of hydrogen-bond donors (Lipinski definition) is 0. The van der Waals surface area contributed by atoms with E-state index in [0.29, 0.717) is 6.54 Å². The topological polar surface area (TPSA) is 22.0 Å². The third-order valence-corrected chi connectivity index (χ3v) is 1.87. The van der Waals surface area contributed by atoms with E-state index in [4.69, 9.17) is 0 Å². The predicted octanol–water partition coefficient (Wildman–Crippen LogP) is 2.29. The van der Waals surface area contributed by atoms with Crippen LogP contribution in [-0.2, 0) is 6.54 Å². The van der Waals surface area contributed by atoms with E-state index in [2.05, 4.69) is 0 Å². The monoisotopic (exact) mass is 189 g/mol. The summed E-state index contributed by atoms with van der Waals surface area (Å²) < 4.78 is 1.69. The molecule has 74 valence electrons. The molecular formula is C12H15NO. The van der Waals surface area contributed by atoms with Crippen molar-refractivity contribution in [3.63, 3.8) is 0 Å². The highest BCUT2D eigenvalue weighted by Crippen LogP contribution is 1.92. The summed E-state index contributed by atoms with van der Waals surface area (Å²) in [6.07, 6.45) is 9.66. The molecule has 0 aliphatic rings. The zero-order valence-corrected chi connectivity index (χ0v) is 8.60. The Kier molecular flexibility index (Phi) is 3.92. The van der Waals surface area contributed by atoms with E-state index in [1.807, 2.05) is 50.4 Å². The summed E-state index contributed by atoms with van der Waals surface area (Å²) in [5.74, 6) is 0. The van der Waals surface area contributed by atoms with E-state index in [-0.39, 0.29) is 5.56 Å². The molecule has 2 heteroatoms.